The van der Waals surface area contributed by atoms with Crippen molar-refractivity contribution >= 4 is 33.4 Å². The zero-order valence-corrected chi connectivity index (χ0v) is 10.5. The molecule has 0 amide bonds. The van der Waals surface area contributed by atoms with E-state index in [4.69, 9.17) is 0 Å². The van der Waals surface area contributed by atoms with Crippen LogP contribution in [0.5, 0.6) is 0 Å². The molecule has 84 valence electrons. The topological polar surface area (TPSA) is 38.7 Å². The molecular weight excluding hydrogens is 250 g/mol. The van der Waals surface area contributed by atoms with Crippen molar-refractivity contribution in [2.75, 3.05) is 0 Å². The van der Waals surface area contributed by atoms with E-state index in [1.807, 2.05) is 23.7 Å². The summed E-state index contributed by atoms with van der Waals surface area (Å²) in [6.45, 7) is 0. The fraction of sp³-hybridized carbons (Fsp3) is 0.0833. The molecule has 3 rings (SSSR count). The lowest BCUT2D eigenvalue weighted by Crippen LogP contribution is -1.86. The van der Waals surface area contributed by atoms with Crippen LogP contribution in [0.3, 0.4) is 0 Å². The molecule has 2 aromatic heterocycles. The Bertz CT molecular complexity index is 622. The van der Waals surface area contributed by atoms with Crippen LogP contribution in [0.25, 0.3) is 10.3 Å². The van der Waals surface area contributed by atoms with Gasteiger partial charge in [0.2, 0.25) is 0 Å². The van der Waals surface area contributed by atoms with Gasteiger partial charge in [-0.05, 0) is 5.56 Å². The van der Waals surface area contributed by atoms with Gasteiger partial charge >= 0.3 is 0 Å². The minimum absolute atomic E-state index is 0.907. The minimum atomic E-state index is 0.907. The molecule has 0 fully saturated rings. The third-order valence-electron chi connectivity index (χ3n) is 2.32. The Balaban J connectivity index is 1.84. The van der Waals surface area contributed by atoms with Gasteiger partial charge in [-0.25, -0.2) is 15.0 Å². The third kappa shape index (κ3) is 2.30. The molecule has 0 unspecified atom stereocenters. The van der Waals surface area contributed by atoms with E-state index < -0.39 is 0 Å². The summed E-state index contributed by atoms with van der Waals surface area (Å²) >= 11 is 3.25. The van der Waals surface area contributed by atoms with E-state index in [2.05, 4.69) is 27.1 Å². The number of nitrogens with zero attached hydrogens (tertiary/aromatic N) is 3. The van der Waals surface area contributed by atoms with E-state index in [9.17, 15) is 0 Å². The Morgan fingerprint density at radius 1 is 1.06 bits per heavy atom. The summed E-state index contributed by atoms with van der Waals surface area (Å²) in [6.07, 6.45) is 1.60. The van der Waals surface area contributed by atoms with Gasteiger partial charge in [-0.1, -0.05) is 42.1 Å². The summed E-state index contributed by atoms with van der Waals surface area (Å²) in [6, 6.07) is 10.4. The summed E-state index contributed by atoms with van der Waals surface area (Å²) in [5.41, 5.74) is 4.02. The zero-order chi connectivity index (χ0) is 11.5. The van der Waals surface area contributed by atoms with Gasteiger partial charge in [-0.15, -0.1) is 11.3 Å². The average Bonchev–Trinajstić information content (AvgIpc) is 2.86. The SMILES string of the molecule is c1ccc(CSc2ncnc3scnc23)cc1. The Hall–Kier alpha value is -1.46. The standard InChI is InChI=1S/C12H9N3S2/c1-2-4-9(5-3-1)6-16-11-10-12(14-7-13-11)17-8-15-10/h1-5,7-8H,6H2. The van der Waals surface area contributed by atoms with Crippen molar-refractivity contribution in [3.63, 3.8) is 0 Å². The summed E-state index contributed by atoms with van der Waals surface area (Å²) in [5.74, 6) is 0.907. The van der Waals surface area contributed by atoms with Crippen molar-refractivity contribution in [2.45, 2.75) is 10.8 Å². The van der Waals surface area contributed by atoms with Gasteiger partial charge in [-0.2, -0.15) is 0 Å². The molecule has 0 aliphatic heterocycles. The number of aromatic nitrogens is 3. The maximum Gasteiger partial charge on any atom is 0.147 e. The maximum absolute atomic E-state index is 4.30. The molecule has 17 heavy (non-hydrogen) atoms. The molecule has 0 saturated carbocycles. The van der Waals surface area contributed by atoms with Gasteiger partial charge in [0.25, 0.3) is 0 Å². The first-order chi connectivity index (χ1) is 8.43. The molecule has 0 saturated heterocycles. The van der Waals surface area contributed by atoms with E-state index in [1.165, 1.54) is 5.56 Å². The molecule has 1 aromatic carbocycles. The van der Waals surface area contributed by atoms with Gasteiger partial charge < -0.3 is 0 Å². The van der Waals surface area contributed by atoms with Gasteiger partial charge in [0.15, 0.2) is 0 Å². The number of thiazole rings is 1. The van der Waals surface area contributed by atoms with Gasteiger partial charge in [0.05, 0.1) is 5.51 Å². The first-order valence-electron chi connectivity index (χ1n) is 5.14. The summed E-state index contributed by atoms with van der Waals surface area (Å²) < 4.78 is 0. The lowest BCUT2D eigenvalue weighted by molar-refractivity contribution is 1.09. The van der Waals surface area contributed by atoms with Crippen molar-refractivity contribution in [3.05, 3.63) is 47.7 Å². The first-order valence-corrected chi connectivity index (χ1v) is 7.01. The van der Waals surface area contributed by atoms with E-state index in [-0.39, 0.29) is 0 Å². The van der Waals surface area contributed by atoms with E-state index in [0.717, 1.165) is 21.1 Å². The molecule has 0 radical (unpaired) electrons. The summed E-state index contributed by atoms with van der Waals surface area (Å²) in [4.78, 5) is 13.7. The molecule has 5 heteroatoms. The highest BCUT2D eigenvalue weighted by Crippen LogP contribution is 2.27. The molecule has 2 heterocycles. The van der Waals surface area contributed by atoms with Crippen LogP contribution in [0.1, 0.15) is 5.56 Å². The van der Waals surface area contributed by atoms with Crippen LogP contribution in [0.2, 0.25) is 0 Å². The fourth-order valence-electron chi connectivity index (χ4n) is 1.50. The van der Waals surface area contributed by atoms with Crippen LogP contribution in [0.4, 0.5) is 0 Å². The number of rotatable bonds is 3. The van der Waals surface area contributed by atoms with Crippen LogP contribution >= 0.6 is 23.1 Å². The number of hydrogen-bond donors (Lipinski definition) is 0. The number of hydrogen-bond acceptors (Lipinski definition) is 5. The zero-order valence-electron chi connectivity index (χ0n) is 8.91. The van der Waals surface area contributed by atoms with Crippen LogP contribution in [0.15, 0.2) is 47.2 Å². The largest absolute Gasteiger partial charge is 0.240 e. The second kappa shape index (κ2) is 4.81. The third-order valence-corrected chi connectivity index (χ3v) is 4.10. The fourth-order valence-corrected chi connectivity index (χ4v) is 3.10. The number of benzene rings is 1. The molecule has 3 nitrogen and oxygen atoms in total. The Morgan fingerprint density at radius 2 is 1.94 bits per heavy atom. The molecule has 0 aliphatic rings. The second-order valence-electron chi connectivity index (χ2n) is 3.46. The van der Waals surface area contributed by atoms with Gasteiger partial charge in [-0.3, -0.25) is 0 Å². The van der Waals surface area contributed by atoms with Crippen molar-refractivity contribution in [1.82, 2.24) is 15.0 Å². The predicted molar refractivity (Wildman–Crippen MR) is 71.2 cm³/mol. The van der Waals surface area contributed by atoms with Gasteiger partial charge in [0, 0.05) is 5.75 Å². The molecule has 0 aliphatic carbocycles. The summed E-state index contributed by atoms with van der Waals surface area (Å²) in [5, 5.41) is 0.958. The Labute approximate surface area is 107 Å². The Morgan fingerprint density at radius 3 is 2.82 bits per heavy atom. The number of fused-ring (bicyclic) bond motifs is 1. The van der Waals surface area contributed by atoms with Crippen LogP contribution in [0, 0.1) is 0 Å². The average molecular weight is 259 g/mol. The molecule has 0 atom stereocenters. The molecule has 3 aromatic rings. The number of thioether (sulfide) groups is 1. The molecular formula is C12H9N3S2. The minimum Gasteiger partial charge on any atom is -0.240 e. The van der Waals surface area contributed by atoms with E-state index >= 15 is 0 Å². The highest BCUT2D eigenvalue weighted by molar-refractivity contribution is 7.98. The van der Waals surface area contributed by atoms with Crippen molar-refractivity contribution in [3.8, 4) is 0 Å². The predicted octanol–water partition coefficient (Wildman–Crippen LogP) is 3.38. The van der Waals surface area contributed by atoms with Crippen LogP contribution in [-0.4, -0.2) is 15.0 Å². The van der Waals surface area contributed by atoms with E-state index in [1.54, 1.807) is 29.4 Å². The molecule has 0 bridgehead atoms. The smallest absolute Gasteiger partial charge is 0.147 e. The van der Waals surface area contributed by atoms with E-state index in [0.29, 0.717) is 0 Å². The lowest BCUT2D eigenvalue weighted by Gasteiger charge is -2.01. The van der Waals surface area contributed by atoms with Crippen molar-refractivity contribution < 1.29 is 0 Å². The first kappa shape index (κ1) is 10.7. The normalized spacial score (nSPS) is 10.8. The van der Waals surface area contributed by atoms with Crippen molar-refractivity contribution in [2.24, 2.45) is 0 Å². The Kier molecular flexibility index (Phi) is 3.02. The van der Waals surface area contributed by atoms with Gasteiger partial charge in [0.1, 0.15) is 21.7 Å². The highest BCUT2D eigenvalue weighted by Gasteiger charge is 2.06. The van der Waals surface area contributed by atoms with Crippen LogP contribution in [-0.2, 0) is 5.75 Å². The maximum atomic E-state index is 4.30. The van der Waals surface area contributed by atoms with Crippen molar-refractivity contribution in [1.29, 1.82) is 0 Å². The highest BCUT2D eigenvalue weighted by atomic mass is 32.2. The second-order valence-corrected chi connectivity index (χ2v) is 5.26. The molecule has 0 spiro atoms. The monoisotopic (exact) mass is 259 g/mol. The molecule has 0 N–H and O–H groups in total. The lowest BCUT2D eigenvalue weighted by atomic mass is 10.2. The quantitative estimate of drug-likeness (QED) is 0.534. The van der Waals surface area contributed by atoms with Crippen LogP contribution < -0.4 is 0 Å². The summed E-state index contributed by atoms with van der Waals surface area (Å²) in [7, 11) is 0.